The Labute approximate surface area is 122 Å². The van der Waals surface area contributed by atoms with E-state index in [0.717, 1.165) is 24.3 Å². The van der Waals surface area contributed by atoms with Gasteiger partial charge in [-0.3, -0.25) is 4.79 Å². The fraction of sp³-hybridized carbons (Fsp3) is 0.471. The zero-order valence-corrected chi connectivity index (χ0v) is 12.5. The predicted octanol–water partition coefficient (Wildman–Crippen LogP) is 3.80. The molecule has 0 unspecified atom stereocenters. The van der Waals surface area contributed by atoms with E-state index < -0.39 is 0 Å². The van der Waals surface area contributed by atoms with Crippen LogP contribution in [0.1, 0.15) is 44.6 Å². The number of methoxy groups -OCH3 is 1. The highest BCUT2D eigenvalue weighted by molar-refractivity contribution is 5.78. The molecule has 110 valence electrons. The van der Waals surface area contributed by atoms with Crippen molar-refractivity contribution in [2.24, 2.45) is 0 Å². The molecule has 0 spiro atoms. The number of unbranched alkanes of at least 4 members (excludes halogenated alkanes) is 3. The third-order valence-electron chi connectivity index (χ3n) is 3.08. The average molecular weight is 275 g/mol. The quantitative estimate of drug-likeness (QED) is 0.696. The number of hydrogen-bond donors (Lipinski definition) is 1. The third-order valence-corrected chi connectivity index (χ3v) is 3.08. The summed E-state index contributed by atoms with van der Waals surface area (Å²) in [7, 11) is 1.65. The normalized spacial score (nSPS) is 10.7. The largest absolute Gasteiger partial charge is 0.497 e. The molecule has 1 aromatic rings. The van der Waals surface area contributed by atoms with Crippen molar-refractivity contribution in [3.63, 3.8) is 0 Å². The minimum absolute atomic E-state index is 0.0891. The van der Waals surface area contributed by atoms with Gasteiger partial charge in [0.25, 0.3) is 0 Å². The van der Waals surface area contributed by atoms with Crippen LogP contribution in [0.5, 0.6) is 5.75 Å². The number of rotatable bonds is 9. The van der Waals surface area contributed by atoms with Gasteiger partial charge in [-0.1, -0.05) is 50.5 Å². The topological polar surface area (TPSA) is 38.3 Å². The minimum atomic E-state index is 0.0891. The Morgan fingerprint density at radius 1 is 1.20 bits per heavy atom. The van der Waals surface area contributed by atoms with Gasteiger partial charge in [-0.15, -0.1) is 0 Å². The molecule has 0 aliphatic rings. The number of carbonyl (C=O) groups is 1. The van der Waals surface area contributed by atoms with Gasteiger partial charge >= 0.3 is 0 Å². The zero-order chi connectivity index (χ0) is 14.6. The van der Waals surface area contributed by atoms with Crippen LogP contribution < -0.4 is 10.1 Å². The van der Waals surface area contributed by atoms with Crippen molar-refractivity contribution in [3.8, 4) is 5.75 Å². The van der Waals surface area contributed by atoms with E-state index in [9.17, 15) is 4.79 Å². The van der Waals surface area contributed by atoms with E-state index in [1.54, 1.807) is 7.11 Å². The van der Waals surface area contributed by atoms with Gasteiger partial charge in [-0.25, -0.2) is 0 Å². The van der Waals surface area contributed by atoms with E-state index in [2.05, 4.69) is 12.2 Å². The summed E-state index contributed by atoms with van der Waals surface area (Å²) < 4.78 is 5.10. The summed E-state index contributed by atoms with van der Waals surface area (Å²) in [5.74, 6) is 0.929. The van der Waals surface area contributed by atoms with Gasteiger partial charge in [0.1, 0.15) is 5.75 Å². The molecule has 20 heavy (non-hydrogen) atoms. The van der Waals surface area contributed by atoms with E-state index in [1.807, 2.05) is 36.4 Å². The van der Waals surface area contributed by atoms with Gasteiger partial charge in [0.15, 0.2) is 0 Å². The first-order valence-corrected chi connectivity index (χ1v) is 7.33. The average Bonchev–Trinajstić information content (AvgIpc) is 2.48. The second-order valence-corrected chi connectivity index (χ2v) is 4.79. The Kier molecular flexibility index (Phi) is 8.20. The van der Waals surface area contributed by atoms with Crippen LogP contribution >= 0.6 is 0 Å². The zero-order valence-electron chi connectivity index (χ0n) is 12.5. The van der Waals surface area contributed by atoms with Crippen LogP contribution in [0.25, 0.3) is 6.08 Å². The molecule has 0 atom stereocenters. The summed E-state index contributed by atoms with van der Waals surface area (Å²) in [4.78, 5) is 11.6. The molecule has 0 aliphatic carbocycles. The van der Waals surface area contributed by atoms with Crippen LogP contribution in [0.4, 0.5) is 0 Å². The van der Waals surface area contributed by atoms with E-state index in [1.165, 1.54) is 19.3 Å². The summed E-state index contributed by atoms with van der Waals surface area (Å²) in [6.07, 6.45) is 9.01. The van der Waals surface area contributed by atoms with Crippen molar-refractivity contribution in [1.82, 2.24) is 5.32 Å². The number of carbonyl (C=O) groups excluding carboxylic acids is 1. The third kappa shape index (κ3) is 6.98. The first kappa shape index (κ1) is 16.3. The van der Waals surface area contributed by atoms with Crippen LogP contribution in [0.3, 0.4) is 0 Å². The maximum atomic E-state index is 11.6. The summed E-state index contributed by atoms with van der Waals surface area (Å²) in [6, 6.07) is 7.76. The molecule has 1 rings (SSSR count). The fourth-order valence-corrected chi connectivity index (χ4v) is 1.87. The maximum absolute atomic E-state index is 11.6. The highest BCUT2D eigenvalue weighted by atomic mass is 16.5. The lowest BCUT2D eigenvalue weighted by atomic mass is 10.2. The lowest BCUT2D eigenvalue weighted by molar-refractivity contribution is -0.120. The van der Waals surface area contributed by atoms with Crippen LogP contribution in [0.2, 0.25) is 0 Å². The van der Waals surface area contributed by atoms with Crippen LogP contribution in [0, 0.1) is 0 Å². The highest BCUT2D eigenvalue weighted by Crippen LogP contribution is 2.12. The number of amides is 1. The van der Waals surface area contributed by atoms with Crippen LogP contribution in [-0.4, -0.2) is 19.6 Å². The van der Waals surface area contributed by atoms with Gasteiger partial charge in [-0.05, 0) is 24.1 Å². The molecule has 0 fully saturated rings. The number of nitrogens with one attached hydrogen (secondary N) is 1. The molecule has 1 aromatic carbocycles. The van der Waals surface area contributed by atoms with Crippen LogP contribution in [0.15, 0.2) is 30.3 Å². The summed E-state index contributed by atoms with van der Waals surface area (Å²) in [5, 5.41) is 2.94. The Bertz CT molecular complexity index is 410. The second kappa shape index (κ2) is 10.1. The standard InChI is InChI=1S/C17H25NO2/c1-3-4-5-6-14-18-17(19)9-7-8-15-10-12-16(20-2)13-11-15/h7-8,10-13H,3-6,9,14H2,1-2H3,(H,18,19)/b8-7+. The van der Waals surface area contributed by atoms with E-state index in [4.69, 9.17) is 4.74 Å². The van der Waals surface area contributed by atoms with Gasteiger partial charge in [0.2, 0.25) is 5.91 Å². The lowest BCUT2D eigenvalue weighted by Crippen LogP contribution is -2.23. The van der Waals surface area contributed by atoms with Crippen molar-refractivity contribution < 1.29 is 9.53 Å². The van der Waals surface area contributed by atoms with E-state index in [-0.39, 0.29) is 5.91 Å². The minimum Gasteiger partial charge on any atom is -0.497 e. The molecule has 3 nitrogen and oxygen atoms in total. The smallest absolute Gasteiger partial charge is 0.223 e. The molecule has 1 N–H and O–H groups in total. The van der Waals surface area contributed by atoms with Gasteiger partial charge in [0.05, 0.1) is 7.11 Å². The second-order valence-electron chi connectivity index (χ2n) is 4.79. The molecule has 3 heteroatoms. The Balaban J connectivity index is 2.20. The summed E-state index contributed by atoms with van der Waals surface area (Å²) in [5.41, 5.74) is 1.07. The van der Waals surface area contributed by atoms with Gasteiger partial charge in [-0.2, -0.15) is 0 Å². The molecule has 0 radical (unpaired) electrons. The molecule has 0 saturated carbocycles. The maximum Gasteiger partial charge on any atom is 0.223 e. The fourth-order valence-electron chi connectivity index (χ4n) is 1.87. The molecule has 0 saturated heterocycles. The first-order chi connectivity index (χ1) is 9.76. The molecule has 0 aliphatic heterocycles. The molecular weight excluding hydrogens is 250 g/mol. The molecule has 0 bridgehead atoms. The van der Waals surface area contributed by atoms with Crippen LogP contribution in [-0.2, 0) is 4.79 Å². The van der Waals surface area contributed by atoms with Crippen molar-refractivity contribution in [2.45, 2.75) is 39.0 Å². The summed E-state index contributed by atoms with van der Waals surface area (Å²) >= 11 is 0. The Hall–Kier alpha value is -1.77. The van der Waals surface area contributed by atoms with E-state index in [0.29, 0.717) is 6.42 Å². The molecule has 1 amide bonds. The van der Waals surface area contributed by atoms with Gasteiger partial charge < -0.3 is 10.1 Å². The predicted molar refractivity (Wildman–Crippen MR) is 83.8 cm³/mol. The lowest BCUT2D eigenvalue weighted by Gasteiger charge is -2.02. The summed E-state index contributed by atoms with van der Waals surface area (Å²) in [6.45, 7) is 2.97. The monoisotopic (exact) mass is 275 g/mol. The number of benzene rings is 1. The van der Waals surface area contributed by atoms with Crippen molar-refractivity contribution in [2.75, 3.05) is 13.7 Å². The highest BCUT2D eigenvalue weighted by Gasteiger charge is 1.97. The molecule has 0 aromatic heterocycles. The Morgan fingerprint density at radius 2 is 1.95 bits per heavy atom. The number of hydrogen-bond acceptors (Lipinski definition) is 2. The molecule has 0 heterocycles. The van der Waals surface area contributed by atoms with Crippen molar-refractivity contribution >= 4 is 12.0 Å². The SMILES string of the molecule is CCCCCCNC(=O)C/C=C/c1ccc(OC)cc1. The molecular formula is C17H25NO2. The van der Waals surface area contributed by atoms with E-state index >= 15 is 0 Å². The Morgan fingerprint density at radius 3 is 2.60 bits per heavy atom. The number of ether oxygens (including phenoxy) is 1. The van der Waals surface area contributed by atoms with Crippen molar-refractivity contribution in [3.05, 3.63) is 35.9 Å². The van der Waals surface area contributed by atoms with Crippen molar-refractivity contribution in [1.29, 1.82) is 0 Å². The van der Waals surface area contributed by atoms with Gasteiger partial charge in [0, 0.05) is 13.0 Å². The first-order valence-electron chi connectivity index (χ1n) is 7.33.